The molecule has 2 aromatic heterocycles. The van der Waals surface area contributed by atoms with Crippen LogP contribution in [0.15, 0.2) is 231 Å². The standard InChI is InChI=1S/C57H38N4/c1-4-18-39(19-5-1)54-59-55(40-20-6-2-7-21-40)61-56(60-54)45-26-15-25-44(37-45)53-35-17-34-52(58-53)43-24-14-22-41(36-43)42-23-16-29-47(38-42)57(46-27-8-3-9-28-46)50-32-12-10-30-48(50)49-31-11-13-33-51(49)57/h1-38H. The Hall–Kier alpha value is -8.08. The highest BCUT2D eigenvalue weighted by atomic mass is 15.0. The van der Waals surface area contributed by atoms with E-state index in [9.17, 15) is 0 Å². The number of nitrogens with zero attached hydrogens (tertiary/aromatic N) is 4. The molecule has 1 aliphatic carbocycles. The van der Waals surface area contributed by atoms with Gasteiger partial charge in [-0.15, -0.1) is 0 Å². The van der Waals surface area contributed by atoms with Gasteiger partial charge in [0.2, 0.25) is 0 Å². The Morgan fingerprint density at radius 1 is 0.246 bits per heavy atom. The van der Waals surface area contributed by atoms with Gasteiger partial charge in [-0.3, -0.25) is 0 Å². The highest BCUT2D eigenvalue weighted by molar-refractivity contribution is 5.87. The van der Waals surface area contributed by atoms with Crippen molar-refractivity contribution in [3.63, 3.8) is 0 Å². The average Bonchev–Trinajstić information content (AvgIpc) is 3.66. The minimum Gasteiger partial charge on any atom is -0.248 e. The van der Waals surface area contributed by atoms with Crippen LogP contribution >= 0.6 is 0 Å². The molecule has 286 valence electrons. The van der Waals surface area contributed by atoms with Crippen LogP contribution in [0.2, 0.25) is 0 Å². The second-order valence-corrected chi connectivity index (χ2v) is 15.4. The average molecular weight is 779 g/mol. The van der Waals surface area contributed by atoms with Gasteiger partial charge in [0.1, 0.15) is 0 Å². The number of fused-ring (bicyclic) bond motifs is 3. The van der Waals surface area contributed by atoms with E-state index in [4.69, 9.17) is 19.9 Å². The van der Waals surface area contributed by atoms with Crippen LogP contribution in [0.5, 0.6) is 0 Å². The zero-order valence-electron chi connectivity index (χ0n) is 33.2. The van der Waals surface area contributed by atoms with E-state index in [1.165, 1.54) is 33.4 Å². The third-order valence-corrected chi connectivity index (χ3v) is 11.8. The van der Waals surface area contributed by atoms with Gasteiger partial charge in [0, 0.05) is 27.8 Å². The molecule has 0 radical (unpaired) electrons. The van der Waals surface area contributed by atoms with Crippen molar-refractivity contribution in [1.29, 1.82) is 0 Å². The molecule has 0 saturated carbocycles. The zero-order chi connectivity index (χ0) is 40.6. The second kappa shape index (κ2) is 15.3. The van der Waals surface area contributed by atoms with E-state index in [1.54, 1.807) is 0 Å². The van der Waals surface area contributed by atoms with Gasteiger partial charge in [0.05, 0.1) is 16.8 Å². The molecule has 61 heavy (non-hydrogen) atoms. The number of aromatic nitrogens is 4. The van der Waals surface area contributed by atoms with Gasteiger partial charge < -0.3 is 0 Å². The van der Waals surface area contributed by atoms with E-state index in [-0.39, 0.29) is 0 Å². The Morgan fingerprint density at radius 3 is 1.20 bits per heavy atom. The molecule has 1 aliphatic rings. The first-order valence-corrected chi connectivity index (χ1v) is 20.6. The lowest BCUT2D eigenvalue weighted by molar-refractivity contribution is 0.769. The molecule has 0 bridgehead atoms. The third kappa shape index (κ3) is 6.42. The van der Waals surface area contributed by atoms with E-state index in [1.807, 2.05) is 66.7 Å². The Kier molecular flexibility index (Phi) is 9.02. The minimum absolute atomic E-state index is 0.458. The fourth-order valence-corrected chi connectivity index (χ4v) is 9.01. The molecule has 0 amide bonds. The first kappa shape index (κ1) is 36.0. The van der Waals surface area contributed by atoms with Crippen molar-refractivity contribution in [3.8, 4) is 78.9 Å². The van der Waals surface area contributed by atoms with Gasteiger partial charge in [-0.2, -0.15) is 0 Å². The molecule has 0 N–H and O–H groups in total. The summed E-state index contributed by atoms with van der Waals surface area (Å²) in [6.07, 6.45) is 0. The summed E-state index contributed by atoms with van der Waals surface area (Å²) in [5.74, 6) is 1.88. The van der Waals surface area contributed by atoms with Crippen molar-refractivity contribution in [2.24, 2.45) is 0 Å². The summed E-state index contributed by atoms with van der Waals surface area (Å²) in [6.45, 7) is 0. The fraction of sp³-hybridized carbons (Fsp3) is 0.0175. The molecular formula is C57H38N4. The maximum atomic E-state index is 5.24. The predicted octanol–water partition coefficient (Wildman–Crippen LogP) is 13.6. The van der Waals surface area contributed by atoms with Crippen molar-refractivity contribution < 1.29 is 0 Å². The first-order valence-electron chi connectivity index (χ1n) is 20.6. The van der Waals surface area contributed by atoms with Gasteiger partial charge in [-0.1, -0.05) is 200 Å². The highest BCUT2D eigenvalue weighted by Crippen LogP contribution is 2.56. The second-order valence-electron chi connectivity index (χ2n) is 15.4. The van der Waals surface area contributed by atoms with Gasteiger partial charge in [0.25, 0.3) is 0 Å². The summed E-state index contributed by atoms with van der Waals surface area (Å²) < 4.78 is 0. The monoisotopic (exact) mass is 778 g/mol. The number of benzene rings is 8. The van der Waals surface area contributed by atoms with Gasteiger partial charge in [-0.05, 0) is 74.8 Å². The van der Waals surface area contributed by atoms with E-state index in [2.05, 4.69) is 164 Å². The molecule has 11 rings (SSSR count). The van der Waals surface area contributed by atoms with Gasteiger partial charge in [0.15, 0.2) is 17.5 Å². The summed E-state index contributed by atoms with van der Waals surface area (Å²) in [4.78, 5) is 20.1. The zero-order valence-corrected chi connectivity index (χ0v) is 33.2. The molecule has 10 aromatic rings. The maximum absolute atomic E-state index is 5.24. The van der Waals surface area contributed by atoms with Crippen LogP contribution in [0.3, 0.4) is 0 Å². The number of pyridine rings is 1. The maximum Gasteiger partial charge on any atom is 0.164 e. The van der Waals surface area contributed by atoms with Crippen molar-refractivity contribution in [2.45, 2.75) is 5.41 Å². The molecule has 0 fully saturated rings. The van der Waals surface area contributed by atoms with Gasteiger partial charge in [-0.25, -0.2) is 19.9 Å². The lowest BCUT2D eigenvalue weighted by Gasteiger charge is -2.34. The Bertz CT molecular complexity index is 3090. The Morgan fingerprint density at radius 2 is 0.623 bits per heavy atom. The lowest BCUT2D eigenvalue weighted by Crippen LogP contribution is -2.28. The Labute approximate surface area is 355 Å². The van der Waals surface area contributed by atoms with E-state index >= 15 is 0 Å². The van der Waals surface area contributed by atoms with Crippen molar-refractivity contribution in [2.75, 3.05) is 0 Å². The molecule has 2 heterocycles. The quantitative estimate of drug-likeness (QED) is 0.154. The highest BCUT2D eigenvalue weighted by Gasteiger charge is 2.45. The Balaban J connectivity index is 0.961. The van der Waals surface area contributed by atoms with Crippen LogP contribution in [0.4, 0.5) is 0 Å². The van der Waals surface area contributed by atoms with Crippen molar-refractivity contribution in [1.82, 2.24) is 19.9 Å². The van der Waals surface area contributed by atoms with Crippen LogP contribution in [-0.4, -0.2) is 19.9 Å². The summed E-state index contributed by atoms with van der Waals surface area (Å²) in [6, 6.07) is 81.2. The van der Waals surface area contributed by atoms with E-state index < -0.39 is 5.41 Å². The fourth-order valence-electron chi connectivity index (χ4n) is 9.01. The van der Waals surface area contributed by atoms with Crippen LogP contribution in [0, 0.1) is 0 Å². The molecule has 4 nitrogen and oxygen atoms in total. The summed E-state index contributed by atoms with van der Waals surface area (Å²) in [5, 5.41) is 0. The van der Waals surface area contributed by atoms with Crippen molar-refractivity contribution >= 4 is 0 Å². The molecular weight excluding hydrogens is 741 g/mol. The molecule has 0 aliphatic heterocycles. The van der Waals surface area contributed by atoms with Crippen molar-refractivity contribution in [3.05, 3.63) is 253 Å². The molecule has 4 heteroatoms. The van der Waals surface area contributed by atoms with Crippen LogP contribution in [-0.2, 0) is 5.41 Å². The van der Waals surface area contributed by atoms with Crippen LogP contribution < -0.4 is 0 Å². The normalized spacial score (nSPS) is 12.4. The summed E-state index contributed by atoms with van der Waals surface area (Å²) in [5.41, 5.74) is 16.1. The SMILES string of the molecule is c1ccc(-c2nc(-c3ccccc3)nc(-c3cccc(-c4cccc(-c5cccc(-c6cccc(C7(c8ccccc8)c8ccccc8-c8ccccc87)c6)c5)n4)c3)n2)cc1. The predicted molar refractivity (Wildman–Crippen MR) is 248 cm³/mol. The third-order valence-electron chi connectivity index (χ3n) is 11.8. The molecule has 0 spiro atoms. The number of hydrogen-bond acceptors (Lipinski definition) is 4. The number of hydrogen-bond donors (Lipinski definition) is 0. The molecule has 0 saturated heterocycles. The molecule has 0 unspecified atom stereocenters. The van der Waals surface area contributed by atoms with E-state index in [0.717, 1.165) is 50.3 Å². The number of rotatable bonds is 8. The van der Waals surface area contributed by atoms with Crippen LogP contribution in [0.1, 0.15) is 22.3 Å². The first-order chi connectivity index (χ1) is 30.2. The molecule has 0 atom stereocenters. The summed E-state index contributed by atoms with van der Waals surface area (Å²) >= 11 is 0. The minimum atomic E-state index is -0.458. The van der Waals surface area contributed by atoms with Gasteiger partial charge >= 0.3 is 0 Å². The van der Waals surface area contributed by atoms with Crippen LogP contribution in [0.25, 0.3) is 78.9 Å². The largest absolute Gasteiger partial charge is 0.248 e. The van der Waals surface area contributed by atoms with E-state index in [0.29, 0.717) is 17.5 Å². The topological polar surface area (TPSA) is 51.6 Å². The molecule has 8 aromatic carbocycles. The summed E-state index contributed by atoms with van der Waals surface area (Å²) in [7, 11) is 0. The smallest absolute Gasteiger partial charge is 0.164 e. The lowest BCUT2D eigenvalue weighted by atomic mass is 9.67.